The van der Waals surface area contributed by atoms with Gasteiger partial charge >= 0.3 is 12.1 Å². The Hall–Kier alpha value is -2.02. The molecule has 0 radical (unpaired) electrons. The van der Waals surface area contributed by atoms with E-state index < -0.39 is 24.3 Å². The van der Waals surface area contributed by atoms with Crippen molar-refractivity contribution in [1.29, 1.82) is 0 Å². The summed E-state index contributed by atoms with van der Waals surface area (Å²) in [6.07, 6.45) is -4.45. The number of esters is 1. The SMILES string of the molecule is COC(=O)/C(OC)=C(/CO)c1ccc(C(F)(F)F)cc1. The Kier molecular flexibility index (Phi) is 5.15. The third-order valence-electron chi connectivity index (χ3n) is 2.57. The number of aliphatic hydroxyl groups excluding tert-OH is 1. The molecule has 0 fully saturated rings. The van der Waals surface area contributed by atoms with Crippen molar-refractivity contribution in [2.45, 2.75) is 6.18 Å². The van der Waals surface area contributed by atoms with Crippen LogP contribution in [-0.2, 0) is 20.4 Å². The fourth-order valence-electron chi connectivity index (χ4n) is 1.58. The first kappa shape index (κ1) is 16.0. The molecule has 1 rings (SSSR count). The highest BCUT2D eigenvalue weighted by Gasteiger charge is 2.30. The monoisotopic (exact) mass is 290 g/mol. The van der Waals surface area contributed by atoms with Crippen LogP contribution < -0.4 is 0 Å². The van der Waals surface area contributed by atoms with E-state index in [9.17, 15) is 23.1 Å². The first-order valence-electron chi connectivity index (χ1n) is 5.49. The summed E-state index contributed by atoms with van der Waals surface area (Å²) in [5.41, 5.74) is -0.536. The van der Waals surface area contributed by atoms with Gasteiger partial charge in [-0.3, -0.25) is 0 Å². The van der Waals surface area contributed by atoms with Crippen LogP contribution in [-0.4, -0.2) is 31.9 Å². The minimum absolute atomic E-state index is 0.0491. The van der Waals surface area contributed by atoms with Gasteiger partial charge in [0.15, 0.2) is 0 Å². The molecule has 0 bridgehead atoms. The van der Waals surface area contributed by atoms with Crippen LogP contribution in [0.15, 0.2) is 30.0 Å². The largest absolute Gasteiger partial charge is 0.490 e. The second kappa shape index (κ2) is 6.42. The fraction of sp³-hybridized carbons (Fsp3) is 0.308. The molecule has 1 N–H and O–H groups in total. The molecule has 0 aliphatic rings. The zero-order valence-corrected chi connectivity index (χ0v) is 10.8. The topological polar surface area (TPSA) is 55.8 Å². The standard InChI is InChI=1S/C13H13F3O4/c1-19-11(12(18)20-2)10(7-17)8-3-5-9(6-4-8)13(14,15)16/h3-6,17H,7H2,1-2H3/b11-10+. The van der Waals surface area contributed by atoms with Gasteiger partial charge in [-0.25, -0.2) is 4.79 Å². The molecule has 1 aromatic carbocycles. The third kappa shape index (κ3) is 3.51. The smallest absolute Gasteiger partial charge is 0.416 e. The quantitative estimate of drug-likeness (QED) is 0.525. The van der Waals surface area contributed by atoms with Gasteiger partial charge in [-0.2, -0.15) is 13.2 Å². The Labute approximate surface area is 113 Å². The number of hydrogen-bond donors (Lipinski definition) is 1. The van der Waals surface area contributed by atoms with Gasteiger partial charge in [-0.1, -0.05) is 12.1 Å². The Bertz CT molecular complexity index is 503. The molecule has 0 saturated heterocycles. The maximum absolute atomic E-state index is 12.4. The zero-order valence-electron chi connectivity index (χ0n) is 10.8. The molecular formula is C13H13F3O4. The van der Waals surface area contributed by atoms with Gasteiger partial charge in [0.25, 0.3) is 0 Å². The van der Waals surface area contributed by atoms with Crippen LogP contribution >= 0.6 is 0 Å². The van der Waals surface area contributed by atoms with Crippen molar-refractivity contribution < 1.29 is 32.5 Å². The third-order valence-corrected chi connectivity index (χ3v) is 2.57. The van der Waals surface area contributed by atoms with E-state index in [1.807, 2.05) is 0 Å². The lowest BCUT2D eigenvalue weighted by Crippen LogP contribution is -2.11. The van der Waals surface area contributed by atoms with Crippen LogP contribution in [0.3, 0.4) is 0 Å². The minimum Gasteiger partial charge on any atom is -0.490 e. The van der Waals surface area contributed by atoms with Crippen molar-refractivity contribution in [1.82, 2.24) is 0 Å². The number of carbonyl (C=O) groups is 1. The molecule has 0 aromatic heterocycles. The Balaban J connectivity index is 3.25. The highest BCUT2D eigenvalue weighted by molar-refractivity contribution is 5.95. The number of halogens is 3. The molecule has 20 heavy (non-hydrogen) atoms. The molecule has 1 aromatic rings. The molecule has 0 heterocycles. The summed E-state index contributed by atoms with van der Waals surface area (Å²) in [4.78, 5) is 11.4. The summed E-state index contributed by atoms with van der Waals surface area (Å²) in [5, 5.41) is 9.29. The fourth-order valence-corrected chi connectivity index (χ4v) is 1.58. The summed E-state index contributed by atoms with van der Waals surface area (Å²) in [6, 6.07) is 4.01. The van der Waals surface area contributed by atoms with Gasteiger partial charge in [0.2, 0.25) is 5.76 Å². The molecule has 0 atom stereocenters. The van der Waals surface area contributed by atoms with Crippen LogP contribution in [0.5, 0.6) is 0 Å². The number of benzene rings is 1. The van der Waals surface area contributed by atoms with E-state index in [1.54, 1.807) is 0 Å². The second-order valence-corrected chi connectivity index (χ2v) is 3.74. The summed E-state index contributed by atoms with van der Waals surface area (Å²) in [5.74, 6) is -1.08. The predicted molar refractivity (Wildman–Crippen MR) is 64.5 cm³/mol. The van der Waals surface area contributed by atoms with Crippen LogP contribution in [0, 0.1) is 0 Å². The number of rotatable bonds is 4. The van der Waals surface area contributed by atoms with Crippen LogP contribution in [0.25, 0.3) is 5.57 Å². The maximum Gasteiger partial charge on any atom is 0.416 e. The molecule has 0 unspecified atom stereocenters. The molecular weight excluding hydrogens is 277 g/mol. The molecule has 0 aliphatic heterocycles. The normalized spacial score (nSPS) is 12.7. The van der Waals surface area contributed by atoms with E-state index in [1.165, 1.54) is 7.11 Å². The lowest BCUT2D eigenvalue weighted by molar-refractivity contribution is -0.139. The number of alkyl halides is 3. The van der Waals surface area contributed by atoms with E-state index in [0.717, 1.165) is 31.4 Å². The maximum atomic E-state index is 12.4. The highest BCUT2D eigenvalue weighted by atomic mass is 19.4. The van der Waals surface area contributed by atoms with Crippen molar-refractivity contribution in [2.75, 3.05) is 20.8 Å². The van der Waals surface area contributed by atoms with Gasteiger partial charge in [0, 0.05) is 5.57 Å². The highest BCUT2D eigenvalue weighted by Crippen LogP contribution is 2.30. The van der Waals surface area contributed by atoms with Crippen molar-refractivity contribution in [3.8, 4) is 0 Å². The van der Waals surface area contributed by atoms with Crippen molar-refractivity contribution in [3.63, 3.8) is 0 Å². The van der Waals surface area contributed by atoms with E-state index >= 15 is 0 Å². The van der Waals surface area contributed by atoms with Crippen LogP contribution in [0.1, 0.15) is 11.1 Å². The van der Waals surface area contributed by atoms with Gasteiger partial charge in [-0.15, -0.1) is 0 Å². The average molecular weight is 290 g/mol. The number of aliphatic hydroxyl groups is 1. The number of methoxy groups -OCH3 is 2. The van der Waals surface area contributed by atoms with Crippen LogP contribution in [0.4, 0.5) is 13.2 Å². The van der Waals surface area contributed by atoms with Gasteiger partial charge in [-0.05, 0) is 17.7 Å². The average Bonchev–Trinajstić information content (AvgIpc) is 2.43. The number of hydrogen-bond acceptors (Lipinski definition) is 4. The molecule has 7 heteroatoms. The summed E-state index contributed by atoms with van der Waals surface area (Å²) >= 11 is 0. The van der Waals surface area contributed by atoms with E-state index in [4.69, 9.17) is 4.74 Å². The minimum atomic E-state index is -4.45. The molecule has 0 spiro atoms. The Morgan fingerprint density at radius 1 is 1.15 bits per heavy atom. The lowest BCUT2D eigenvalue weighted by Gasteiger charge is -2.12. The van der Waals surface area contributed by atoms with Gasteiger partial charge in [0.1, 0.15) is 0 Å². The molecule has 0 aliphatic carbocycles. The molecule has 4 nitrogen and oxygen atoms in total. The van der Waals surface area contributed by atoms with Crippen molar-refractivity contribution >= 4 is 11.5 Å². The molecule has 0 amide bonds. The molecule has 0 saturated carbocycles. The Morgan fingerprint density at radius 2 is 1.70 bits per heavy atom. The van der Waals surface area contributed by atoms with Gasteiger partial charge in [0.05, 0.1) is 26.4 Å². The predicted octanol–water partition coefficient (Wildman–Crippen LogP) is 2.23. The van der Waals surface area contributed by atoms with E-state index in [-0.39, 0.29) is 16.9 Å². The van der Waals surface area contributed by atoms with Crippen molar-refractivity contribution in [3.05, 3.63) is 41.2 Å². The zero-order chi connectivity index (χ0) is 15.3. The first-order chi connectivity index (χ1) is 9.35. The van der Waals surface area contributed by atoms with Gasteiger partial charge < -0.3 is 14.6 Å². The number of carbonyl (C=O) groups excluding carboxylic acids is 1. The first-order valence-corrected chi connectivity index (χ1v) is 5.49. The lowest BCUT2D eigenvalue weighted by atomic mass is 10.0. The summed E-state index contributed by atoms with van der Waals surface area (Å²) in [7, 11) is 2.33. The summed E-state index contributed by atoms with van der Waals surface area (Å²) < 4.78 is 46.7. The van der Waals surface area contributed by atoms with E-state index in [0.29, 0.717) is 0 Å². The second-order valence-electron chi connectivity index (χ2n) is 3.74. The number of ether oxygens (including phenoxy) is 2. The van der Waals surface area contributed by atoms with E-state index in [2.05, 4.69) is 4.74 Å². The summed E-state index contributed by atoms with van der Waals surface area (Å²) in [6.45, 7) is -0.580. The molecule has 110 valence electrons. The van der Waals surface area contributed by atoms with Crippen LogP contribution in [0.2, 0.25) is 0 Å². The van der Waals surface area contributed by atoms with Crippen molar-refractivity contribution in [2.24, 2.45) is 0 Å². The Morgan fingerprint density at radius 3 is 2.05 bits per heavy atom.